The van der Waals surface area contributed by atoms with Crippen molar-refractivity contribution in [3.8, 4) is 6.07 Å². The van der Waals surface area contributed by atoms with E-state index < -0.39 is 0 Å². The van der Waals surface area contributed by atoms with Gasteiger partial charge in [0.15, 0.2) is 0 Å². The molecule has 0 radical (unpaired) electrons. The van der Waals surface area contributed by atoms with Gasteiger partial charge in [-0.25, -0.2) is 0 Å². The molecule has 2 saturated heterocycles. The molecule has 0 N–H and O–H groups in total. The zero-order valence-corrected chi connectivity index (χ0v) is 21.6. The van der Waals surface area contributed by atoms with Crippen LogP contribution < -0.4 is 10.5 Å². The number of hydrogen-bond donors (Lipinski definition) is 0. The van der Waals surface area contributed by atoms with Gasteiger partial charge in [-0.3, -0.25) is 19.1 Å². The molecule has 7 nitrogen and oxygen atoms in total. The van der Waals surface area contributed by atoms with Gasteiger partial charge in [-0.15, -0.1) is 0 Å². The third-order valence-corrected chi connectivity index (χ3v) is 7.54. The van der Waals surface area contributed by atoms with Gasteiger partial charge in [0.2, 0.25) is 0 Å². The van der Waals surface area contributed by atoms with E-state index in [4.69, 9.17) is 17.0 Å². The van der Waals surface area contributed by atoms with Crippen LogP contribution in [0.3, 0.4) is 0 Å². The maximum atomic E-state index is 13.2. The Morgan fingerprint density at radius 1 is 1.27 bits per heavy atom. The average molecular weight is 489 g/mol. The summed E-state index contributed by atoms with van der Waals surface area (Å²) in [5.74, 6) is 1.59. The minimum atomic E-state index is -0.309. The number of pyridine rings is 1. The lowest BCUT2D eigenvalue weighted by atomic mass is 9.91. The highest BCUT2D eigenvalue weighted by Crippen LogP contribution is 2.37. The van der Waals surface area contributed by atoms with Crippen LogP contribution in [0.15, 0.2) is 9.70 Å². The predicted octanol–water partition coefficient (Wildman–Crippen LogP) is 3.68. The second-order valence-corrected chi connectivity index (χ2v) is 10.6. The van der Waals surface area contributed by atoms with E-state index in [0.29, 0.717) is 52.8 Å². The maximum absolute atomic E-state index is 13.2. The summed E-state index contributed by atoms with van der Waals surface area (Å²) in [6.45, 7) is 11.5. The number of aromatic nitrogens is 1. The van der Waals surface area contributed by atoms with Crippen molar-refractivity contribution < 1.29 is 9.53 Å². The number of piperidine rings is 1. The van der Waals surface area contributed by atoms with Gasteiger partial charge < -0.3 is 9.64 Å². The molecular formula is C24H32N4O3S2. The van der Waals surface area contributed by atoms with Crippen molar-refractivity contribution in [1.29, 1.82) is 5.26 Å². The summed E-state index contributed by atoms with van der Waals surface area (Å²) in [5.41, 5.74) is 1.14. The summed E-state index contributed by atoms with van der Waals surface area (Å²) in [7, 11) is 1.71. The lowest BCUT2D eigenvalue weighted by Crippen LogP contribution is -2.42. The van der Waals surface area contributed by atoms with Crippen molar-refractivity contribution in [2.75, 3.05) is 37.7 Å². The molecule has 2 unspecified atom stereocenters. The molecule has 2 aliphatic rings. The molecule has 1 aromatic heterocycles. The molecule has 2 aliphatic heterocycles. The molecule has 3 rings (SSSR count). The zero-order chi connectivity index (χ0) is 24.3. The Labute approximate surface area is 205 Å². The van der Waals surface area contributed by atoms with Crippen LogP contribution in [0.5, 0.6) is 0 Å². The van der Waals surface area contributed by atoms with Gasteiger partial charge in [-0.05, 0) is 50.2 Å². The van der Waals surface area contributed by atoms with E-state index in [0.717, 1.165) is 30.9 Å². The summed E-state index contributed by atoms with van der Waals surface area (Å²) < 4.78 is 7.46. The van der Waals surface area contributed by atoms with E-state index >= 15 is 0 Å². The van der Waals surface area contributed by atoms with Gasteiger partial charge >= 0.3 is 0 Å². The van der Waals surface area contributed by atoms with E-state index in [1.807, 2.05) is 13.0 Å². The Kier molecular flexibility index (Phi) is 8.38. The number of anilines is 1. The number of nitrogens with zero attached hydrogens (tertiary/aromatic N) is 4. The highest BCUT2D eigenvalue weighted by Gasteiger charge is 2.33. The number of rotatable bonds is 7. The first-order valence-corrected chi connectivity index (χ1v) is 12.6. The zero-order valence-electron chi connectivity index (χ0n) is 20.0. The van der Waals surface area contributed by atoms with Crippen molar-refractivity contribution in [2.45, 2.75) is 40.5 Å². The number of thioether (sulfide) groups is 1. The van der Waals surface area contributed by atoms with E-state index in [2.05, 4.69) is 24.8 Å². The summed E-state index contributed by atoms with van der Waals surface area (Å²) >= 11 is 6.74. The third kappa shape index (κ3) is 5.34. The molecule has 1 aromatic rings. The topological polar surface area (TPSA) is 78.6 Å². The molecular weight excluding hydrogens is 456 g/mol. The van der Waals surface area contributed by atoms with Gasteiger partial charge in [0.05, 0.1) is 4.91 Å². The number of ether oxygens (including phenoxy) is 1. The molecule has 0 aromatic carbocycles. The first kappa shape index (κ1) is 25.5. The molecule has 0 bridgehead atoms. The summed E-state index contributed by atoms with van der Waals surface area (Å²) in [6, 6.07) is 2.06. The van der Waals surface area contributed by atoms with E-state index in [9.17, 15) is 14.9 Å². The second kappa shape index (κ2) is 10.9. The van der Waals surface area contributed by atoms with Crippen molar-refractivity contribution in [2.24, 2.45) is 18.9 Å². The largest absolute Gasteiger partial charge is 0.382 e. The lowest BCUT2D eigenvalue weighted by molar-refractivity contribution is -0.122. The highest BCUT2D eigenvalue weighted by molar-refractivity contribution is 8.26. The minimum absolute atomic E-state index is 0.109. The normalized spacial score (nSPS) is 22.4. The van der Waals surface area contributed by atoms with Gasteiger partial charge in [-0.2, -0.15) is 5.26 Å². The fraction of sp³-hybridized carbons (Fsp3) is 0.583. The molecule has 178 valence electrons. The Bertz CT molecular complexity index is 1060. The number of carbonyl (C=O) groups is 1. The van der Waals surface area contributed by atoms with Gasteiger partial charge in [0.1, 0.15) is 21.8 Å². The van der Waals surface area contributed by atoms with Crippen LogP contribution in [0.4, 0.5) is 5.82 Å². The predicted molar refractivity (Wildman–Crippen MR) is 137 cm³/mol. The molecule has 3 heterocycles. The van der Waals surface area contributed by atoms with Crippen LogP contribution in [0.1, 0.15) is 50.3 Å². The van der Waals surface area contributed by atoms with E-state index in [1.54, 1.807) is 23.4 Å². The first-order valence-electron chi connectivity index (χ1n) is 11.4. The van der Waals surface area contributed by atoms with Crippen LogP contribution in [0, 0.1) is 30.1 Å². The highest BCUT2D eigenvalue weighted by atomic mass is 32.2. The Hall–Kier alpha value is -2.15. The van der Waals surface area contributed by atoms with Crippen LogP contribution in [-0.4, -0.2) is 52.5 Å². The number of nitriles is 1. The number of carbonyl (C=O) groups excluding carboxylic acids is 1. The number of thiocarbonyl (C=S) groups is 1. The molecule has 1 amide bonds. The maximum Gasteiger partial charge on any atom is 0.270 e. The van der Waals surface area contributed by atoms with Crippen molar-refractivity contribution in [3.05, 3.63) is 31.9 Å². The first-order chi connectivity index (χ1) is 15.7. The van der Waals surface area contributed by atoms with Gasteiger partial charge in [-0.1, -0.05) is 37.8 Å². The Morgan fingerprint density at radius 2 is 1.94 bits per heavy atom. The van der Waals surface area contributed by atoms with Crippen LogP contribution in [0.2, 0.25) is 0 Å². The van der Waals surface area contributed by atoms with Crippen molar-refractivity contribution >= 4 is 46.1 Å². The molecule has 0 saturated carbocycles. The van der Waals surface area contributed by atoms with Crippen LogP contribution in [0.25, 0.3) is 6.08 Å². The minimum Gasteiger partial charge on any atom is -0.382 e. The van der Waals surface area contributed by atoms with Crippen molar-refractivity contribution in [3.63, 3.8) is 0 Å². The standard InChI is InChI=1S/C24H32N4O3S2/c1-6-31-9-7-8-28-23(30)20(33-24(28)32)11-18-17(4)19(12-25)22(29)26(5)21(18)27-13-15(2)10-16(3)14-27/h11,15-16H,6-10,13-14H2,1-5H3/b20-11+. The van der Waals surface area contributed by atoms with Gasteiger partial charge in [0.25, 0.3) is 11.5 Å². The summed E-state index contributed by atoms with van der Waals surface area (Å²) in [4.78, 5) is 30.5. The fourth-order valence-corrected chi connectivity index (χ4v) is 6.01. The van der Waals surface area contributed by atoms with Crippen molar-refractivity contribution in [1.82, 2.24) is 9.47 Å². The third-order valence-electron chi connectivity index (χ3n) is 6.16. The monoisotopic (exact) mass is 488 g/mol. The Balaban J connectivity index is 2.05. The number of amides is 1. The molecule has 0 spiro atoms. The summed E-state index contributed by atoms with van der Waals surface area (Å²) in [6.07, 6.45) is 3.66. The smallest absolute Gasteiger partial charge is 0.270 e. The molecule has 2 fully saturated rings. The SMILES string of the molecule is CCOCCCN1C(=O)/C(=C\c2c(C)c(C#N)c(=O)n(C)c2N2CC(C)CC(C)C2)SC1=S. The Morgan fingerprint density at radius 3 is 2.55 bits per heavy atom. The van der Waals surface area contributed by atoms with E-state index in [1.165, 1.54) is 11.8 Å². The second-order valence-electron chi connectivity index (χ2n) is 8.95. The average Bonchev–Trinajstić information content (AvgIpc) is 3.02. The van der Waals surface area contributed by atoms with E-state index in [-0.39, 0.29) is 17.0 Å². The quantitative estimate of drug-likeness (QED) is 0.329. The van der Waals surface area contributed by atoms with Crippen LogP contribution >= 0.6 is 24.0 Å². The molecule has 0 aliphatic carbocycles. The molecule has 33 heavy (non-hydrogen) atoms. The number of hydrogen-bond acceptors (Lipinski definition) is 7. The van der Waals surface area contributed by atoms with Crippen LogP contribution in [-0.2, 0) is 16.6 Å². The van der Waals surface area contributed by atoms with Gasteiger partial charge in [0, 0.05) is 45.5 Å². The lowest BCUT2D eigenvalue weighted by Gasteiger charge is -2.38. The summed E-state index contributed by atoms with van der Waals surface area (Å²) in [5, 5.41) is 9.66. The molecule has 9 heteroatoms. The molecule has 2 atom stereocenters. The fourth-order valence-electron chi connectivity index (χ4n) is 4.72.